The molecule has 4 rings (SSSR count). The molecule has 2 heterocycles. The van der Waals surface area contributed by atoms with E-state index in [1.807, 2.05) is 43.6 Å². The van der Waals surface area contributed by atoms with E-state index in [9.17, 15) is 0 Å². The lowest BCUT2D eigenvalue weighted by Crippen LogP contribution is -2.00. The Bertz CT molecular complexity index is 1040. The Morgan fingerprint density at radius 1 is 1.04 bits per heavy atom. The number of methoxy groups -OCH3 is 1. The van der Waals surface area contributed by atoms with Gasteiger partial charge in [0.15, 0.2) is 0 Å². The highest BCUT2D eigenvalue weighted by atomic mass is 16.5. The van der Waals surface area contributed by atoms with Crippen molar-refractivity contribution in [1.29, 1.82) is 0 Å². The summed E-state index contributed by atoms with van der Waals surface area (Å²) < 4.78 is 7.40. The average Bonchev–Trinajstić information content (AvgIpc) is 3.06. The molecule has 0 unspecified atom stereocenters. The van der Waals surface area contributed by atoms with E-state index < -0.39 is 0 Å². The summed E-state index contributed by atoms with van der Waals surface area (Å²) in [6, 6.07) is 18.3. The smallest absolute Gasteiger partial charge is 0.132 e. The topological polar surface area (TPSA) is 52.0 Å². The minimum Gasteiger partial charge on any atom is -0.497 e. The summed E-state index contributed by atoms with van der Waals surface area (Å²) in [6.45, 7) is 2.82. The molecule has 0 bridgehead atoms. The van der Waals surface area contributed by atoms with Crippen molar-refractivity contribution < 1.29 is 4.74 Å². The lowest BCUT2D eigenvalue weighted by Gasteiger charge is -2.11. The van der Waals surface area contributed by atoms with E-state index >= 15 is 0 Å². The third kappa shape index (κ3) is 3.24. The molecule has 0 aliphatic heterocycles. The molecule has 5 nitrogen and oxygen atoms in total. The van der Waals surface area contributed by atoms with Gasteiger partial charge in [-0.2, -0.15) is 0 Å². The lowest BCUT2D eigenvalue weighted by molar-refractivity contribution is 0.414. The van der Waals surface area contributed by atoms with Gasteiger partial charge in [-0.1, -0.05) is 30.3 Å². The Balaban J connectivity index is 1.64. The molecule has 0 radical (unpaired) electrons. The number of nitrogens with one attached hydrogen (secondary N) is 1. The Labute approximate surface area is 152 Å². The number of benzene rings is 2. The van der Waals surface area contributed by atoms with Gasteiger partial charge >= 0.3 is 0 Å². The molecule has 26 heavy (non-hydrogen) atoms. The average molecular weight is 344 g/mol. The Morgan fingerprint density at radius 2 is 1.88 bits per heavy atom. The predicted molar refractivity (Wildman–Crippen MR) is 104 cm³/mol. The number of hydrogen-bond donors (Lipinski definition) is 1. The fourth-order valence-electron chi connectivity index (χ4n) is 2.98. The number of imidazole rings is 1. The highest BCUT2D eigenvalue weighted by Gasteiger charge is 2.07. The summed E-state index contributed by atoms with van der Waals surface area (Å²) in [7, 11) is 1.67. The van der Waals surface area contributed by atoms with Crippen LogP contribution in [-0.4, -0.2) is 21.6 Å². The molecule has 2 aromatic heterocycles. The quantitative estimate of drug-likeness (QED) is 0.577. The second-order valence-corrected chi connectivity index (χ2v) is 6.22. The number of aryl methyl sites for hydroxylation is 1. The first-order valence-corrected chi connectivity index (χ1v) is 8.49. The maximum absolute atomic E-state index is 5.26. The molecular formula is C21H20N4O. The van der Waals surface area contributed by atoms with Crippen molar-refractivity contribution >= 4 is 22.5 Å². The maximum atomic E-state index is 5.26. The van der Waals surface area contributed by atoms with E-state index in [-0.39, 0.29) is 0 Å². The molecule has 0 atom stereocenters. The van der Waals surface area contributed by atoms with Crippen molar-refractivity contribution in [3.05, 3.63) is 78.2 Å². The number of ether oxygens (including phenoxy) is 1. The molecule has 1 N–H and O–H groups in total. The van der Waals surface area contributed by atoms with Crippen LogP contribution in [0.4, 0.5) is 11.5 Å². The van der Waals surface area contributed by atoms with E-state index in [1.54, 1.807) is 13.3 Å². The molecule has 0 fully saturated rings. The first-order chi connectivity index (χ1) is 12.7. The maximum Gasteiger partial charge on any atom is 0.132 e. The van der Waals surface area contributed by atoms with Crippen LogP contribution >= 0.6 is 0 Å². The number of nitrogens with zero attached hydrogens (tertiary/aromatic N) is 3. The van der Waals surface area contributed by atoms with Crippen LogP contribution < -0.4 is 10.1 Å². The van der Waals surface area contributed by atoms with E-state index in [0.717, 1.165) is 40.4 Å². The van der Waals surface area contributed by atoms with Gasteiger partial charge in [-0.3, -0.25) is 0 Å². The first-order valence-electron chi connectivity index (χ1n) is 8.49. The Kier molecular flexibility index (Phi) is 4.27. The van der Waals surface area contributed by atoms with E-state index in [0.29, 0.717) is 0 Å². The number of rotatable bonds is 5. The van der Waals surface area contributed by atoms with Crippen LogP contribution in [0.2, 0.25) is 0 Å². The zero-order valence-electron chi connectivity index (χ0n) is 14.8. The number of anilines is 2. The molecule has 2 aromatic carbocycles. The van der Waals surface area contributed by atoms with Gasteiger partial charge in [0.1, 0.15) is 17.1 Å². The predicted octanol–water partition coefficient (Wildman–Crippen LogP) is 4.54. The van der Waals surface area contributed by atoms with Gasteiger partial charge in [-0.15, -0.1) is 0 Å². The van der Waals surface area contributed by atoms with E-state index in [2.05, 4.69) is 44.1 Å². The van der Waals surface area contributed by atoms with Gasteiger partial charge in [0.2, 0.25) is 0 Å². The summed E-state index contributed by atoms with van der Waals surface area (Å²) in [6.07, 6.45) is 3.67. The van der Waals surface area contributed by atoms with E-state index in [4.69, 9.17) is 4.74 Å². The van der Waals surface area contributed by atoms with Gasteiger partial charge in [0.25, 0.3) is 0 Å². The van der Waals surface area contributed by atoms with Crippen molar-refractivity contribution in [2.45, 2.75) is 13.5 Å². The minimum atomic E-state index is 0.780. The van der Waals surface area contributed by atoms with Gasteiger partial charge in [-0.05, 0) is 36.2 Å². The molecule has 0 spiro atoms. The third-order valence-electron chi connectivity index (χ3n) is 4.40. The molecular weight excluding hydrogens is 324 g/mol. The van der Waals surface area contributed by atoms with Crippen LogP contribution in [0.3, 0.4) is 0 Å². The molecule has 0 amide bonds. The number of aromatic nitrogens is 3. The largest absolute Gasteiger partial charge is 0.497 e. The normalized spacial score (nSPS) is 10.8. The number of hydrogen-bond acceptors (Lipinski definition) is 4. The minimum absolute atomic E-state index is 0.780. The van der Waals surface area contributed by atoms with Crippen LogP contribution in [0.15, 0.2) is 67.1 Å². The molecule has 130 valence electrons. The van der Waals surface area contributed by atoms with E-state index in [1.165, 1.54) is 5.56 Å². The van der Waals surface area contributed by atoms with Crippen molar-refractivity contribution in [1.82, 2.24) is 14.5 Å². The van der Waals surface area contributed by atoms with Gasteiger partial charge in [0, 0.05) is 18.3 Å². The van der Waals surface area contributed by atoms with Crippen molar-refractivity contribution in [2.24, 2.45) is 0 Å². The zero-order valence-corrected chi connectivity index (χ0v) is 14.8. The molecule has 0 saturated carbocycles. The summed E-state index contributed by atoms with van der Waals surface area (Å²) in [4.78, 5) is 8.95. The second kappa shape index (κ2) is 6.88. The van der Waals surface area contributed by atoms with Crippen LogP contribution in [0.25, 0.3) is 11.0 Å². The van der Waals surface area contributed by atoms with Crippen molar-refractivity contribution in [3.63, 3.8) is 0 Å². The number of pyridine rings is 1. The fraction of sp³-hybridized carbons (Fsp3) is 0.143. The molecule has 0 saturated heterocycles. The van der Waals surface area contributed by atoms with Crippen molar-refractivity contribution in [2.75, 3.05) is 12.4 Å². The summed E-state index contributed by atoms with van der Waals surface area (Å²) in [5.41, 5.74) is 5.29. The highest BCUT2D eigenvalue weighted by Crippen LogP contribution is 2.25. The van der Waals surface area contributed by atoms with Crippen LogP contribution in [-0.2, 0) is 6.54 Å². The van der Waals surface area contributed by atoms with Crippen LogP contribution in [0.1, 0.15) is 11.1 Å². The zero-order chi connectivity index (χ0) is 17.9. The monoisotopic (exact) mass is 344 g/mol. The summed E-state index contributed by atoms with van der Waals surface area (Å²) >= 11 is 0. The SMILES string of the molecule is COc1ccc(Nc2cc3c(cn2)ncn3Cc2ccccc2)c(C)c1. The second-order valence-electron chi connectivity index (χ2n) is 6.22. The van der Waals surface area contributed by atoms with Crippen molar-refractivity contribution in [3.8, 4) is 5.75 Å². The molecule has 5 heteroatoms. The Morgan fingerprint density at radius 3 is 2.65 bits per heavy atom. The van der Waals surface area contributed by atoms with Gasteiger partial charge in [-0.25, -0.2) is 9.97 Å². The fourth-order valence-corrected chi connectivity index (χ4v) is 2.98. The first kappa shape index (κ1) is 16.1. The molecule has 4 aromatic rings. The summed E-state index contributed by atoms with van der Waals surface area (Å²) in [5, 5.41) is 3.39. The molecule has 0 aliphatic rings. The number of fused-ring (bicyclic) bond motifs is 1. The third-order valence-corrected chi connectivity index (χ3v) is 4.40. The highest BCUT2D eigenvalue weighted by molar-refractivity contribution is 5.78. The van der Waals surface area contributed by atoms with Gasteiger partial charge < -0.3 is 14.6 Å². The van der Waals surface area contributed by atoms with Gasteiger partial charge in [0.05, 0.1) is 25.2 Å². The molecule has 0 aliphatic carbocycles. The van der Waals surface area contributed by atoms with Crippen LogP contribution in [0, 0.1) is 6.92 Å². The summed E-state index contributed by atoms with van der Waals surface area (Å²) in [5.74, 6) is 1.64. The van der Waals surface area contributed by atoms with Crippen LogP contribution in [0.5, 0.6) is 5.75 Å². The lowest BCUT2D eigenvalue weighted by atomic mass is 10.2. The Hall–Kier alpha value is -3.34. The standard InChI is InChI=1S/C21H20N4O/c1-15-10-17(26-2)8-9-18(15)24-21-11-20-19(12-22-21)23-14-25(20)13-16-6-4-3-5-7-16/h3-12,14H,13H2,1-2H3,(H,22,24).